The van der Waals surface area contributed by atoms with Crippen LogP contribution in [-0.4, -0.2) is 64.0 Å². The van der Waals surface area contributed by atoms with Crippen molar-refractivity contribution < 1.29 is 60.3 Å². The molecule has 2 aliphatic rings. The molecule has 0 unspecified atom stereocenters. The van der Waals surface area contributed by atoms with Crippen molar-refractivity contribution in [3.63, 3.8) is 0 Å². The molecule has 19 heteroatoms. The zero-order valence-electron chi connectivity index (χ0n) is 20.3. The number of hydrogen-bond acceptors (Lipinski definition) is 4. The molecule has 2 aromatic rings. The van der Waals surface area contributed by atoms with Crippen LogP contribution in [-0.2, 0) is 26.5 Å². The van der Waals surface area contributed by atoms with E-state index in [1.807, 2.05) is 36.4 Å². The van der Waals surface area contributed by atoms with Crippen LogP contribution in [0.1, 0.15) is 37.1 Å². The van der Waals surface area contributed by atoms with E-state index in [2.05, 4.69) is 38.1 Å². The van der Waals surface area contributed by atoms with E-state index in [0.29, 0.717) is 25.0 Å². The number of halogens is 12. The van der Waals surface area contributed by atoms with E-state index in [-0.39, 0.29) is 29.2 Å². The first-order valence-corrected chi connectivity index (χ1v) is 22.3. The van der Waals surface area contributed by atoms with Gasteiger partial charge in [0.25, 0.3) is 0 Å². The Morgan fingerprint density at radius 3 is 1.07 bits per heavy atom. The maximum absolute atomic E-state index is 11.2. The maximum atomic E-state index is 9.93. The first kappa shape index (κ1) is 36.7. The van der Waals surface area contributed by atoms with Crippen molar-refractivity contribution in [3.8, 4) is 0 Å². The molecule has 2 aliphatic heterocycles. The Labute approximate surface area is 236 Å². The van der Waals surface area contributed by atoms with Gasteiger partial charge in [-0.15, -0.1) is 0 Å². The molecular weight excluding hydrogens is 847 g/mol. The summed E-state index contributed by atoms with van der Waals surface area (Å²) in [5, 5.41) is 0. The molecule has 0 bridgehead atoms. The molecule has 40 heavy (non-hydrogen) atoms. The number of rotatable bonds is 4. The van der Waals surface area contributed by atoms with Crippen molar-refractivity contribution in [1.82, 2.24) is 0 Å². The topological polar surface area (TPSA) is 43.2 Å². The van der Waals surface area contributed by atoms with Gasteiger partial charge >= 0.3 is 89.8 Å². The van der Waals surface area contributed by atoms with Gasteiger partial charge in [-0.25, -0.2) is 9.98 Å². The zero-order chi connectivity index (χ0) is 30.1. The molecular formula is C21H22CuF12N2O2Sb2. The van der Waals surface area contributed by atoms with Crippen molar-refractivity contribution in [2.24, 2.45) is 15.4 Å². The third-order valence-electron chi connectivity index (χ3n) is 4.74. The summed E-state index contributed by atoms with van der Waals surface area (Å²) in [5.74, 6) is 1.41. The second-order valence-corrected chi connectivity index (χ2v) is 19.8. The third kappa shape index (κ3) is 16.8. The van der Waals surface area contributed by atoms with Crippen LogP contribution in [0.5, 0.6) is 0 Å². The molecule has 0 saturated carbocycles. The van der Waals surface area contributed by atoms with Crippen LogP contribution in [0.4, 0.5) is 33.8 Å². The normalized spacial score (nSPS) is 22.4. The van der Waals surface area contributed by atoms with Gasteiger partial charge in [-0.3, -0.25) is 0 Å². The molecule has 0 fully saturated rings. The predicted molar refractivity (Wildman–Crippen MR) is 124 cm³/mol. The summed E-state index contributed by atoms with van der Waals surface area (Å²) in [7, 11) is 0. The molecule has 0 amide bonds. The van der Waals surface area contributed by atoms with Crippen LogP contribution < -0.4 is 0 Å². The SMILES string of the molecule is CC(C)(C1=N[C@@H](c2ccccc2)CO1)C1=N[C@@H](c2ccccc2)CO1.[Cu+2].[F][Sb-]([F])([F])([F])([F])[F].[F][Sb-]([F])([F])([F])([F])[F]. The van der Waals surface area contributed by atoms with E-state index in [4.69, 9.17) is 19.5 Å². The molecule has 0 aromatic heterocycles. The summed E-state index contributed by atoms with van der Waals surface area (Å²) >= 11 is -22.5. The van der Waals surface area contributed by atoms with Gasteiger partial charge in [-0.2, -0.15) is 0 Å². The van der Waals surface area contributed by atoms with Crippen LogP contribution in [0.3, 0.4) is 0 Å². The molecule has 0 spiro atoms. The molecule has 0 aliphatic carbocycles. The monoisotopic (exact) mass is 867 g/mol. The Morgan fingerprint density at radius 2 is 0.825 bits per heavy atom. The summed E-state index contributed by atoms with van der Waals surface area (Å²) in [6, 6.07) is 20.6. The van der Waals surface area contributed by atoms with Crippen molar-refractivity contribution in [2.45, 2.75) is 25.9 Å². The zero-order valence-corrected chi connectivity index (χ0v) is 26.3. The van der Waals surface area contributed by atoms with Crippen molar-refractivity contribution in [2.75, 3.05) is 13.2 Å². The fourth-order valence-electron chi connectivity index (χ4n) is 3.21. The van der Waals surface area contributed by atoms with Crippen molar-refractivity contribution >= 4 is 50.7 Å². The Balaban J connectivity index is 0.000000446. The van der Waals surface area contributed by atoms with Gasteiger partial charge < -0.3 is 9.47 Å². The van der Waals surface area contributed by atoms with Gasteiger partial charge in [0.05, 0.1) is 0 Å². The van der Waals surface area contributed by atoms with Gasteiger partial charge in [-0.1, -0.05) is 60.7 Å². The number of aliphatic imine (C=N–C) groups is 2. The molecule has 4 nitrogen and oxygen atoms in total. The van der Waals surface area contributed by atoms with Gasteiger partial charge in [-0.05, 0) is 25.0 Å². The number of benzene rings is 2. The van der Waals surface area contributed by atoms with Crippen LogP contribution in [0.2, 0.25) is 0 Å². The van der Waals surface area contributed by atoms with E-state index in [9.17, 15) is 33.8 Å². The average molecular weight is 869 g/mol. The summed E-state index contributed by atoms with van der Waals surface area (Å²) < 4.78 is 131. The average Bonchev–Trinajstić information content (AvgIpc) is 3.41. The second-order valence-electron chi connectivity index (χ2n) is 8.89. The molecule has 4 rings (SSSR count). The van der Waals surface area contributed by atoms with Crippen LogP contribution in [0.25, 0.3) is 0 Å². The van der Waals surface area contributed by atoms with E-state index in [1.54, 1.807) is 0 Å². The number of ether oxygens (including phenoxy) is 2. The molecule has 2 aromatic carbocycles. The van der Waals surface area contributed by atoms with Gasteiger partial charge in [0.1, 0.15) is 30.7 Å². The molecule has 0 N–H and O–H groups in total. The number of nitrogens with zero attached hydrogens (tertiary/aromatic N) is 2. The molecule has 2 heterocycles. The first-order chi connectivity index (χ1) is 17.0. The fourth-order valence-corrected chi connectivity index (χ4v) is 3.21. The standard InChI is InChI=1S/C21H22N2O2.Cu.12FH.2Sb/c1-21(2,19-22-17(13-24-19)15-9-5-3-6-10-15)20-23-18(14-25-20)16-11-7-4-8-12-16;;;;;;;;;;;;;;;/h3-12,17-18H,13-14H2,1-2H3;;12*1H;;/q;+2;;;;;;;;;;;;;2*+5/p-12/t17-,18-;;;;;;;;;;;;;;;/m1.............../s1. The summed E-state index contributed by atoms with van der Waals surface area (Å²) in [6.45, 7) is 5.26. The quantitative estimate of drug-likeness (QED) is 0.228. The van der Waals surface area contributed by atoms with Crippen molar-refractivity contribution in [3.05, 3.63) is 71.8 Å². The van der Waals surface area contributed by atoms with E-state index in [0.717, 1.165) is 0 Å². The number of hydrogen-bond donors (Lipinski definition) is 0. The van der Waals surface area contributed by atoms with E-state index in [1.165, 1.54) is 11.1 Å². The van der Waals surface area contributed by atoms with E-state index >= 15 is 0 Å². The minimum atomic E-state index is -11.2. The second kappa shape index (κ2) is 10.8. The Hall–Kier alpha value is -1.30. The molecule has 1 radical (unpaired) electrons. The van der Waals surface area contributed by atoms with Crippen LogP contribution in [0, 0.1) is 5.41 Å². The van der Waals surface area contributed by atoms with Crippen LogP contribution >= 0.6 is 0 Å². The fraction of sp³-hybridized carbons (Fsp3) is 0.333. The van der Waals surface area contributed by atoms with Gasteiger partial charge in [0.15, 0.2) is 11.8 Å². The third-order valence-corrected chi connectivity index (χ3v) is 4.74. The summed E-state index contributed by atoms with van der Waals surface area (Å²) in [6.07, 6.45) is 0. The molecule has 0 saturated heterocycles. The summed E-state index contributed by atoms with van der Waals surface area (Å²) in [5.41, 5.74) is 1.88. The van der Waals surface area contributed by atoms with Crippen LogP contribution in [0.15, 0.2) is 70.6 Å². The summed E-state index contributed by atoms with van der Waals surface area (Å²) in [4.78, 5) is 9.61. The Bertz CT molecular complexity index is 1100. The Morgan fingerprint density at radius 1 is 0.575 bits per heavy atom. The Kier molecular flexibility index (Phi) is 9.87. The molecule has 2 atom stereocenters. The van der Waals surface area contributed by atoms with Crippen molar-refractivity contribution in [1.29, 1.82) is 0 Å². The minimum absolute atomic E-state index is 0. The van der Waals surface area contributed by atoms with Gasteiger partial charge in [0.2, 0.25) is 0 Å². The van der Waals surface area contributed by atoms with E-state index < -0.39 is 44.4 Å². The predicted octanol–water partition coefficient (Wildman–Crippen LogP) is 8.63. The molecule has 233 valence electrons. The van der Waals surface area contributed by atoms with Gasteiger partial charge in [0, 0.05) is 0 Å². The first-order valence-electron chi connectivity index (χ1n) is 10.7.